The number of halogens is 1. The van der Waals surface area contributed by atoms with E-state index >= 15 is 0 Å². The van der Waals surface area contributed by atoms with Gasteiger partial charge < -0.3 is 4.74 Å². The number of hydrogen-bond donors (Lipinski definition) is 0. The molecule has 98 valence electrons. The first-order valence-corrected chi connectivity index (χ1v) is 6.00. The van der Waals surface area contributed by atoms with Crippen molar-refractivity contribution in [3.05, 3.63) is 35.9 Å². The fourth-order valence-corrected chi connectivity index (χ4v) is 1.70. The Morgan fingerprint density at radius 3 is 2.33 bits per heavy atom. The molecule has 0 N–H and O–H groups in total. The number of carbonyl (C=O) groups excluding carboxylic acids is 2. The molecule has 0 spiro atoms. The van der Waals surface area contributed by atoms with Gasteiger partial charge in [-0.25, -0.2) is 4.39 Å². The first kappa shape index (κ1) is 14.4. The van der Waals surface area contributed by atoms with Crippen molar-refractivity contribution in [2.45, 2.75) is 26.4 Å². The van der Waals surface area contributed by atoms with Gasteiger partial charge in [0, 0.05) is 6.42 Å². The van der Waals surface area contributed by atoms with Crippen molar-refractivity contribution in [1.82, 2.24) is 0 Å². The minimum absolute atomic E-state index is 0.108. The summed E-state index contributed by atoms with van der Waals surface area (Å²) in [5.74, 6) is -2.59. The molecule has 1 rings (SSSR count). The number of carbonyl (C=O) groups is 2. The maximum absolute atomic E-state index is 14.3. The number of esters is 1. The van der Waals surface area contributed by atoms with Gasteiger partial charge in [-0.3, -0.25) is 9.59 Å². The van der Waals surface area contributed by atoms with Crippen LogP contribution in [-0.4, -0.2) is 18.4 Å². The molecule has 3 nitrogen and oxygen atoms in total. The van der Waals surface area contributed by atoms with E-state index in [9.17, 15) is 14.0 Å². The molecule has 2 atom stereocenters. The monoisotopic (exact) mass is 252 g/mol. The number of hydrogen-bond acceptors (Lipinski definition) is 3. The van der Waals surface area contributed by atoms with Crippen molar-refractivity contribution < 1.29 is 18.7 Å². The molecule has 0 amide bonds. The second kappa shape index (κ2) is 6.89. The lowest BCUT2D eigenvalue weighted by molar-refractivity contribution is -0.154. The number of rotatable bonds is 6. The molecule has 1 aromatic carbocycles. The average Bonchev–Trinajstić information content (AvgIpc) is 2.40. The quantitative estimate of drug-likeness (QED) is 0.577. The predicted molar refractivity (Wildman–Crippen MR) is 65.7 cm³/mol. The summed E-state index contributed by atoms with van der Waals surface area (Å²) in [6, 6.07) is 8.19. The summed E-state index contributed by atoms with van der Waals surface area (Å²) in [5, 5.41) is 0. The Bertz CT molecular complexity index is 403. The zero-order chi connectivity index (χ0) is 13.5. The van der Waals surface area contributed by atoms with Gasteiger partial charge in [-0.15, -0.1) is 0 Å². The van der Waals surface area contributed by atoms with Crippen LogP contribution in [0, 0.1) is 5.92 Å². The highest BCUT2D eigenvalue weighted by Crippen LogP contribution is 2.28. The summed E-state index contributed by atoms with van der Waals surface area (Å²) >= 11 is 0. The van der Waals surface area contributed by atoms with Gasteiger partial charge in [0.2, 0.25) is 0 Å². The second-order valence-electron chi connectivity index (χ2n) is 3.86. The Balaban J connectivity index is 2.96. The highest BCUT2D eigenvalue weighted by Gasteiger charge is 2.36. The zero-order valence-corrected chi connectivity index (χ0v) is 10.6. The topological polar surface area (TPSA) is 43.4 Å². The van der Waals surface area contributed by atoms with E-state index in [4.69, 9.17) is 4.74 Å². The van der Waals surface area contributed by atoms with Crippen molar-refractivity contribution in [2.75, 3.05) is 6.61 Å². The van der Waals surface area contributed by atoms with E-state index < -0.39 is 23.8 Å². The van der Waals surface area contributed by atoms with Crippen LogP contribution in [0.5, 0.6) is 0 Å². The highest BCUT2D eigenvalue weighted by molar-refractivity contribution is 5.99. The van der Waals surface area contributed by atoms with Gasteiger partial charge in [-0.2, -0.15) is 0 Å². The minimum atomic E-state index is -1.65. The molecular formula is C14H17FO3. The molecule has 18 heavy (non-hydrogen) atoms. The molecule has 0 saturated heterocycles. The second-order valence-corrected chi connectivity index (χ2v) is 3.86. The van der Waals surface area contributed by atoms with Gasteiger partial charge in [0.05, 0.1) is 6.61 Å². The summed E-state index contributed by atoms with van der Waals surface area (Å²) in [5.41, 5.74) is 0.317. The SMILES string of the molecule is CCOC(=O)C(C(=O)CC)C(F)c1ccccc1. The fourth-order valence-electron chi connectivity index (χ4n) is 1.70. The van der Waals surface area contributed by atoms with Crippen molar-refractivity contribution in [3.8, 4) is 0 Å². The van der Waals surface area contributed by atoms with E-state index in [-0.39, 0.29) is 13.0 Å². The molecule has 0 aromatic heterocycles. The molecule has 0 bridgehead atoms. The normalized spacial score (nSPS) is 13.7. The van der Waals surface area contributed by atoms with Crippen LogP contribution >= 0.6 is 0 Å². The van der Waals surface area contributed by atoms with Crippen LogP contribution in [0.25, 0.3) is 0 Å². The molecule has 1 aromatic rings. The van der Waals surface area contributed by atoms with E-state index in [0.717, 1.165) is 0 Å². The standard InChI is InChI=1S/C14H17FO3/c1-3-11(16)12(14(17)18-4-2)13(15)10-8-6-5-7-9-10/h5-9,12-13H,3-4H2,1-2H3. The summed E-state index contributed by atoms with van der Waals surface area (Å²) in [6.45, 7) is 3.36. The Morgan fingerprint density at radius 1 is 1.22 bits per heavy atom. The maximum Gasteiger partial charge on any atom is 0.319 e. The first-order chi connectivity index (χ1) is 8.61. The number of benzene rings is 1. The van der Waals surface area contributed by atoms with E-state index in [0.29, 0.717) is 5.56 Å². The fraction of sp³-hybridized carbons (Fsp3) is 0.429. The Morgan fingerprint density at radius 2 is 1.83 bits per heavy atom. The third-order valence-corrected chi connectivity index (χ3v) is 2.65. The molecule has 0 fully saturated rings. The van der Waals surface area contributed by atoms with E-state index in [1.165, 1.54) is 0 Å². The van der Waals surface area contributed by atoms with E-state index in [2.05, 4.69) is 0 Å². The van der Waals surface area contributed by atoms with Crippen molar-refractivity contribution in [3.63, 3.8) is 0 Å². The molecule has 0 aliphatic heterocycles. The lowest BCUT2D eigenvalue weighted by Gasteiger charge is -2.18. The molecule has 0 aliphatic carbocycles. The summed E-state index contributed by atoms with van der Waals surface area (Å²) < 4.78 is 19.1. The average molecular weight is 252 g/mol. The molecule has 0 heterocycles. The van der Waals surface area contributed by atoms with Crippen molar-refractivity contribution in [1.29, 1.82) is 0 Å². The third-order valence-electron chi connectivity index (χ3n) is 2.65. The molecular weight excluding hydrogens is 235 g/mol. The maximum atomic E-state index is 14.3. The third kappa shape index (κ3) is 3.39. The van der Waals surface area contributed by atoms with Crippen LogP contribution in [0.1, 0.15) is 32.0 Å². The summed E-state index contributed by atoms with van der Waals surface area (Å²) in [6.07, 6.45) is -1.55. The van der Waals surface area contributed by atoms with E-state index in [1.54, 1.807) is 44.2 Å². The minimum Gasteiger partial charge on any atom is -0.465 e. The van der Waals surface area contributed by atoms with Gasteiger partial charge in [0.25, 0.3) is 0 Å². The first-order valence-electron chi connectivity index (χ1n) is 6.00. The van der Waals surface area contributed by atoms with Crippen LogP contribution in [-0.2, 0) is 14.3 Å². The van der Waals surface area contributed by atoms with Gasteiger partial charge in [0.15, 0.2) is 5.92 Å². The van der Waals surface area contributed by atoms with Gasteiger partial charge >= 0.3 is 5.97 Å². The van der Waals surface area contributed by atoms with Crippen molar-refractivity contribution >= 4 is 11.8 Å². The van der Waals surface area contributed by atoms with E-state index in [1.807, 2.05) is 0 Å². The number of ether oxygens (including phenoxy) is 1. The van der Waals surface area contributed by atoms with Crippen LogP contribution in [0.4, 0.5) is 4.39 Å². The van der Waals surface area contributed by atoms with Crippen LogP contribution in [0.15, 0.2) is 30.3 Å². The lowest BCUT2D eigenvalue weighted by Crippen LogP contribution is -2.30. The van der Waals surface area contributed by atoms with Crippen LogP contribution in [0.3, 0.4) is 0 Å². The Labute approximate surface area is 106 Å². The summed E-state index contributed by atoms with van der Waals surface area (Å²) in [7, 11) is 0. The predicted octanol–water partition coefficient (Wildman–Crippen LogP) is 2.86. The molecule has 0 aliphatic rings. The molecule has 2 unspecified atom stereocenters. The Hall–Kier alpha value is -1.71. The highest BCUT2D eigenvalue weighted by atomic mass is 19.1. The smallest absolute Gasteiger partial charge is 0.319 e. The van der Waals surface area contributed by atoms with Crippen molar-refractivity contribution in [2.24, 2.45) is 5.92 Å². The van der Waals surface area contributed by atoms with Gasteiger partial charge in [-0.1, -0.05) is 37.3 Å². The largest absolute Gasteiger partial charge is 0.465 e. The Kier molecular flexibility index (Phi) is 5.49. The van der Waals surface area contributed by atoms with Gasteiger partial charge in [0.1, 0.15) is 12.0 Å². The summed E-state index contributed by atoms with van der Waals surface area (Å²) in [4.78, 5) is 23.4. The van der Waals surface area contributed by atoms with Crippen LogP contribution in [0.2, 0.25) is 0 Å². The number of ketones is 1. The molecule has 4 heteroatoms. The zero-order valence-electron chi connectivity index (χ0n) is 10.6. The van der Waals surface area contributed by atoms with Crippen LogP contribution < -0.4 is 0 Å². The number of Topliss-reactive ketones (excluding diaryl/α,β-unsaturated/α-hetero) is 1. The van der Waals surface area contributed by atoms with Gasteiger partial charge in [-0.05, 0) is 12.5 Å². The lowest BCUT2D eigenvalue weighted by atomic mass is 9.92. The molecule has 0 saturated carbocycles. The number of alkyl halides is 1. The molecule has 0 radical (unpaired) electrons.